The van der Waals surface area contributed by atoms with Gasteiger partial charge in [-0.15, -0.1) is 0 Å². The average Bonchev–Trinajstić information content (AvgIpc) is 3.06. The number of carbonyl (C=O) groups is 1. The molecule has 0 saturated carbocycles. The first kappa shape index (κ1) is 14.4. The van der Waals surface area contributed by atoms with Crippen molar-refractivity contribution in [2.75, 3.05) is 19.6 Å². The number of hydrogen-bond acceptors (Lipinski definition) is 2. The van der Waals surface area contributed by atoms with E-state index in [0.29, 0.717) is 12.1 Å². The highest BCUT2D eigenvalue weighted by Crippen LogP contribution is 2.40. The summed E-state index contributed by atoms with van der Waals surface area (Å²) in [4.78, 5) is 14.5. The maximum absolute atomic E-state index is 11.8. The minimum atomic E-state index is -0.0576. The molecule has 4 nitrogen and oxygen atoms in total. The van der Waals surface area contributed by atoms with Crippen molar-refractivity contribution >= 4 is 6.03 Å². The largest absolute Gasteiger partial charge is 0.338 e. The summed E-state index contributed by atoms with van der Waals surface area (Å²) in [6.45, 7) is 3.86. The quantitative estimate of drug-likeness (QED) is 0.874. The number of benzene rings is 1. The van der Waals surface area contributed by atoms with E-state index in [1.807, 2.05) is 30.3 Å². The molecule has 2 saturated heterocycles. The molecule has 2 fully saturated rings. The van der Waals surface area contributed by atoms with Gasteiger partial charge in [0.05, 0.1) is 0 Å². The van der Waals surface area contributed by atoms with Crippen molar-refractivity contribution in [2.45, 2.75) is 44.2 Å². The molecule has 2 aliphatic rings. The van der Waals surface area contributed by atoms with Crippen LogP contribution in [0.5, 0.6) is 0 Å². The SMILES string of the molecule is O=C(NCCC12CCCN1CCC2)NCc1ccccc1. The van der Waals surface area contributed by atoms with Gasteiger partial charge in [-0.1, -0.05) is 30.3 Å². The third-order valence-electron chi connectivity index (χ3n) is 4.98. The van der Waals surface area contributed by atoms with Crippen molar-refractivity contribution in [3.63, 3.8) is 0 Å². The predicted octanol–water partition coefficient (Wildman–Crippen LogP) is 2.50. The smallest absolute Gasteiger partial charge is 0.315 e. The number of fused-ring (bicyclic) bond motifs is 1. The predicted molar refractivity (Wildman–Crippen MR) is 84.1 cm³/mol. The molecule has 1 aromatic rings. The van der Waals surface area contributed by atoms with Crippen molar-refractivity contribution in [1.29, 1.82) is 0 Å². The van der Waals surface area contributed by atoms with E-state index in [9.17, 15) is 4.79 Å². The van der Waals surface area contributed by atoms with E-state index < -0.39 is 0 Å². The first-order chi connectivity index (χ1) is 10.3. The molecule has 0 aromatic heterocycles. The summed E-state index contributed by atoms with van der Waals surface area (Å²) in [5.74, 6) is 0. The van der Waals surface area contributed by atoms with Gasteiger partial charge in [-0.25, -0.2) is 4.79 Å². The van der Waals surface area contributed by atoms with Crippen LogP contribution in [0, 0.1) is 0 Å². The van der Waals surface area contributed by atoms with Crippen LogP contribution in [0.25, 0.3) is 0 Å². The van der Waals surface area contributed by atoms with E-state index in [4.69, 9.17) is 0 Å². The fourth-order valence-electron chi connectivity index (χ4n) is 3.88. The maximum Gasteiger partial charge on any atom is 0.315 e. The monoisotopic (exact) mass is 287 g/mol. The molecule has 1 aromatic carbocycles. The minimum Gasteiger partial charge on any atom is -0.338 e. The van der Waals surface area contributed by atoms with E-state index >= 15 is 0 Å². The van der Waals surface area contributed by atoms with E-state index in [1.165, 1.54) is 38.8 Å². The Balaban J connectivity index is 1.38. The van der Waals surface area contributed by atoms with Gasteiger partial charge in [0.25, 0.3) is 0 Å². The van der Waals surface area contributed by atoms with Gasteiger partial charge >= 0.3 is 6.03 Å². The maximum atomic E-state index is 11.8. The van der Waals surface area contributed by atoms with Crippen molar-refractivity contribution in [3.05, 3.63) is 35.9 Å². The van der Waals surface area contributed by atoms with Crippen molar-refractivity contribution in [3.8, 4) is 0 Å². The average molecular weight is 287 g/mol. The number of urea groups is 1. The molecule has 2 N–H and O–H groups in total. The molecule has 0 bridgehead atoms. The van der Waals surface area contributed by atoms with Crippen molar-refractivity contribution < 1.29 is 4.79 Å². The van der Waals surface area contributed by atoms with E-state index in [0.717, 1.165) is 18.5 Å². The Hall–Kier alpha value is -1.55. The van der Waals surface area contributed by atoms with Gasteiger partial charge in [0, 0.05) is 18.6 Å². The lowest BCUT2D eigenvalue weighted by Crippen LogP contribution is -2.43. The highest BCUT2D eigenvalue weighted by molar-refractivity contribution is 5.73. The van der Waals surface area contributed by atoms with Gasteiger partial charge in [-0.2, -0.15) is 0 Å². The molecule has 0 aliphatic carbocycles. The molecule has 3 rings (SSSR count). The summed E-state index contributed by atoms with van der Waals surface area (Å²) in [5, 5.41) is 5.93. The van der Waals surface area contributed by atoms with Crippen LogP contribution in [0.2, 0.25) is 0 Å². The zero-order chi connectivity index (χ0) is 14.5. The number of hydrogen-bond donors (Lipinski definition) is 2. The summed E-state index contributed by atoms with van der Waals surface area (Å²) >= 11 is 0. The van der Waals surface area contributed by atoms with Crippen LogP contribution in [-0.4, -0.2) is 36.1 Å². The second-order valence-electron chi connectivity index (χ2n) is 6.26. The summed E-state index contributed by atoms with van der Waals surface area (Å²) in [7, 11) is 0. The van der Waals surface area contributed by atoms with Crippen LogP contribution in [0.4, 0.5) is 4.79 Å². The highest BCUT2D eigenvalue weighted by Gasteiger charge is 2.43. The molecule has 2 heterocycles. The molecule has 0 unspecified atom stereocenters. The van der Waals surface area contributed by atoms with Crippen LogP contribution in [0.15, 0.2) is 30.3 Å². The fourth-order valence-corrected chi connectivity index (χ4v) is 3.88. The Labute approximate surface area is 126 Å². The standard InChI is InChI=1S/C17H25N3O/c21-16(19-14-15-6-2-1-3-7-15)18-11-10-17-8-4-12-20(17)13-5-9-17/h1-3,6-7H,4-5,8-14H2,(H2,18,19,21). The highest BCUT2D eigenvalue weighted by atomic mass is 16.2. The van der Waals surface area contributed by atoms with Crippen LogP contribution in [-0.2, 0) is 6.54 Å². The molecule has 0 spiro atoms. The first-order valence-electron chi connectivity index (χ1n) is 8.09. The third kappa shape index (κ3) is 3.38. The first-order valence-corrected chi connectivity index (χ1v) is 8.09. The molecule has 114 valence electrons. The van der Waals surface area contributed by atoms with Gasteiger partial charge in [0.1, 0.15) is 0 Å². The Kier molecular flexibility index (Phi) is 4.44. The molecule has 0 atom stereocenters. The molecule has 2 aliphatic heterocycles. The van der Waals surface area contributed by atoms with E-state index in [2.05, 4.69) is 15.5 Å². The van der Waals surface area contributed by atoms with Crippen LogP contribution >= 0.6 is 0 Å². The Morgan fingerprint density at radius 1 is 1.10 bits per heavy atom. The number of rotatable bonds is 5. The number of amides is 2. The zero-order valence-corrected chi connectivity index (χ0v) is 12.6. The molecule has 0 radical (unpaired) electrons. The summed E-state index contributed by atoms with van der Waals surface area (Å²) in [5.41, 5.74) is 1.52. The Morgan fingerprint density at radius 2 is 1.81 bits per heavy atom. The second kappa shape index (κ2) is 6.48. The lowest BCUT2D eigenvalue weighted by molar-refractivity contribution is 0.180. The minimum absolute atomic E-state index is 0.0576. The summed E-state index contributed by atoms with van der Waals surface area (Å²) < 4.78 is 0. The van der Waals surface area contributed by atoms with E-state index in [-0.39, 0.29) is 6.03 Å². The Bertz CT molecular complexity index is 464. The van der Waals surface area contributed by atoms with Crippen LogP contribution < -0.4 is 10.6 Å². The number of nitrogens with zero attached hydrogens (tertiary/aromatic N) is 1. The van der Waals surface area contributed by atoms with Gasteiger partial charge in [0.15, 0.2) is 0 Å². The van der Waals surface area contributed by atoms with Gasteiger partial charge in [-0.3, -0.25) is 4.90 Å². The number of nitrogens with one attached hydrogen (secondary N) is 2. The van der Waals surface area contributed by atoms with E-state index in [1.54, 1.807) is 0 Å². The molecular formula is C17H25N3O. The normalized spacial score (nSPS) is 20.2. The zero-order valence-electron chi connectivity index (χ0n) is 12.6. The van der Waals surface area contributed by atoms with Crippen LogP contribution in [0.3, 0.4) is 0 Å². The van der Waals surface area contributed by atoms with Gasteiger partial charge < -0.3 is 10.6 Å². The number of carbonyl (C=O) groups excluding carboxylic acids is 1. The fraction of sp³-hybridized carbons (Fsp3) is 0.588. The van der Waals surface area contributed by atoms with Crippen molar-refractivity contribution in [1.82, 2.24) is 15.5 Å². The van der Waals surface area contributed by atoms with Crippen molar-refractivity contribution in [2.24, 2.45) is 0 Å². The molecule has 21 heavy (non-hydrogen) atoms. The van der Waals surface area contributed by atoms with Crippen LogP contribution in [0.1, 0.15) is 37.7 Å². The molecule has 2 amide bonds. The molecule has 4 heteroatoms. The second-order valence-corrected chi connectivity index (χ2v) is 6.26. The third-order valence-corrected chi connectivity index (χ3v) is 4.98. The lowest BCUT2D eigenvalue weighted by atomic mass is 9.90. The van der Waals surface area contributed by atoms with Gasteiger partial charge in [-0.05, 0) is 50.8 Å². The Morgan fingerprint density at radius 3 is 2.52 bits per heavy atom. The summed E-state index contributed by atoms with van der Waals surface area (Å²) in [6, 6.07) is 9.95. The van der Waals surface area contributed by atoms with Gasteiger partial charge in [0.2, 0.25) is 0 Å². The topological polar surface area (TPSA) is 44.4 Å². The summed E-state index contributed by atoms with van der Waals surface area (Å²) in [6.07, 6.45) is 6.34. The molecular weight excluding hydrogens is 262 g/mol. The lowest BCUT2D eigenvalue weighted by Gasteiger charge is -2.32.